The first-order valence-electron chi connectivity index (χ1n) is 5.37. The second-order valence-corrected chi connectivity index (χ2v) is 3.64. The lowest BCUT2D eigenvalue weighted by molar-refractivity contribution is 0.447. The molecule has 4 nitrogen and oxygen atoms in total. The summed E-state index contributed by atoms with van der Waals surface area (Å²) in [5.41, 5.74) is 7.78. The minimum absolute atomic E-state index is 0.421. The summed E-state index contributed by atoms with van der Waals surface area (Å²) in [5, 5.41) is 8.27. The number of nitrogens with zero attached hydrogens (tertiary/aromatic N) is 3. The molecule has 1 rings (SSSR count). The molecule has 0 amide bonds. The molecule has 0 bridgehead atoms. The number of rotatable bonds is 5. The number of hydrogen-bond donors (Lipinski definition) is 1. The van der Waals surface area contributed by atoms with Crippen LogP contribution in [0, 0.1) is 0 Å². The van der Waals surface area contributed by atoms with Gasteiger partial charge in [0.05, 0.1) is 17.4 Å². The van der Waals surface area contributed by atoms with Gasteiger partial charge in [0.1, 0.15) is 0 Å². The van der Waals surface area contributed by atoms with E-state index in [1.165, 1.54) is 5.69 Å². The van der Waals surface area contributed by atoms with E-state index in [0.29, 0.717) is 12.6 Å². The molecule has 0 saturated carbocycles. The van der Waals surface area contributed by atoms with Crippen molar-refractivity contribution in [1.82, 2.24) is 15.0 Å². The average molecular weight is 196 g/mol. The molecule has 4 heteroatoms. The van der Waals surface area contributed by atoms with E-state index in [4.69, 9.17) is 5.73 Å². The summed E-state index contributed by atoms with van der Waals surface area (Å²) in [6.45, 7) is 6.97. The zero-order chi connectivity index (χ0) is 10.6. The van der Waals surface area contributed by atoms with Gasteiger partial charge in [-0.05, 0) is 19.8 Å². The molecule has 80 valence electrons. The molecule has 0 aliphatic carbocycles. The van der Waals surface area contributed by atoms with Crippen LogP contribution < -0.4 is 5.73 Å². The Hall–Kier alpha value is -0.900. The second kappa shape index (κ2) is 5.10. The minimum Gasteiger partial charge on any atom is -0.325 e. The predicted octanol–water partition coefficient (Wildman–Crippen LogP) is 1.66. The summed E-state index contributed by atoms with van der Waals surface area (Å²) in [7, 11) is 0. The lowest BCUT2D eigenvalue weighted by atomic mass is 10.2. The Balaban J connectivity index is 2.97. The summed E-state index contributed by atoms with van der Waals surface area (Å²) in [6, 6.07) is 0.421. The largest absolute Gasteiger partial charge is 0.325 e. The lowest BCUT2D eigenvalue weighted by Crippen LogP contribution is -2.11. The third-order valence-corrected chi connectivity index (χ3v) is 2.56. The van der Waals surface area contributed by atoms with E-state index < -0.39 is 0 Å². The fraction of sp³-hybridized carbons (Fsp3) is 0.800. The Labute approximate surface area is 85.5 Å². The first-order valence-corrected chi connectivity index (χ1v) is 5.37. The van der Waals surface area contributed by atoms with Gasteiger partial charge < -0.3 is 5.73 Å². The van der Waals surface area contributed by atoms with Crippen LogP contribution in [0.4, 0.5) is 0 Å². The van der Waals surface area contributed by atoms with Gasteiger partial charge >= 0.3 is 0 Å². The second-order valence-electron chi connectivity index (χ2n) is 3.64. The van der Waals surface area contributed by atoms with Crippen molar-refractivity contribution in [2.24, 2.45) is 5.73 Å². The van der Waals surface area contributed by atoms with Crippen LogP contribution in [0.2, 0.25) is 0 Å². The number of nitrogens with two attached hydrogens (primary N) is 1. The molecule has 0 aromatic carbocycles. The van der Waals surface area contributed by atoms with Crippen molar-refractivity contribution in [2.75, 3.05) is 0 Å². The lowest BCUT2D eigenvalue weighted by Gasteiger charge is -2.12. The zero-order valence-corrected chi connectivity index (χ0v) is 9.32. The summed E-state index contributed by atoms with van der Waals surface area (Å²) >= 11 is 0. The third-order valence-electron chi connectivity index (χ3n) is 2.56. The predicted molar refractivity (Wildman–Crippen MR) is 56.9 cm³/mol. The molecule has 1 aromatic rings. The van der Waals surface area contributed by atoms with E-state index in [-0.39, 0.29) is 0 Å². The highest BCUT2D eigenvalue weighted by Crippen LogP contribution is 2.15. The molecule has 2 N–H and O–H groups in total. The van der Waals surface area contributed by atoms with Crippen LogP contribution in [-0.4, -0.2) is 15.0 Å². The Morgan fingerprint density at radius 2 is 2.14 bits per heavy atom. The molecule has 1 unspecified atom stereocenters. The Kier molecular flexibility index (Phi) is 4.07. The molecule has 0 fully saturated rings. The van der Waals surface area contributed by atoms with Crippen LogP contribution in [0.3, 0.4) is 0 Å². The normalized spacial score (nSPS) is 13.1. The van der Waals surface area contributed by atoms with Gasteiger partial charge in [-0.15, -0.1) is 5.10 Å². The molecule has 1 heterocycles. The van der Waals surface area contributed by atoms with E-state index in [9.17, 15) is 0 Å². The fourth-order valence-electron chi connectivity index (χ4n) is 1.53. The SMILES string of the molecule is CCCc1c(CN)nnn1C(C)CC. The van der Waals surface area contributed by atoms with Crippen LogP contribution in [0.1, 0.15) is 51.0 Å². The first kappa shape index (κ1) is 11.2. The minimum atomic E-state index is 0.421. The summed E-state index contributed by atoms with van der Waals surface area (Å²) in [6.07, 6.45) is 3.20. The highest BCUT2D eigenvalue weighted by Gasteiger charge is 2.13. The Bertz CT molecular complexity index is 280. The first-order chi connectivity index (χ1) is 6.74. The molecule has 0 aliphatic rings. The van der Waals surface area contributed by atoms with Crippen molar-refractivity contribution in [3.63, 3.8) is 0 Å². The van der Waals surface area contributed by atoms with Crippen LogP contribution >= 0.6 is 0 Å². The van der Waals surface area contributed by atoms with Gasteiger partial charge in [-0.3, -0.25) is 0 Å². The van der Waals surface area contributed by atoms with Crippen LogP contribution in [-0.2, 0) is 13.0 Å². The van der Waals surface area contributed by atoms with Crippen molar-refractivity contribution >= 4 is 0 Å². The maximum absolute atomic E-state index is 5.62. The van der Waals surface area contributed by atoms with Gasteiger partial charge in [0.2, 0.25) is 0 Å². The van der Waals surface area contributed by atoms with Gasteiger partial charge in [-0.25, -0.2) is 4.68 Å². The molecule has 1 atom stereocenters. The van der Waals surface area contributed by atoms with E-state index in [2.05, 4.69) is 31.1 Å². The number of hydrogen-bond acceptors (Lipinski definition) is 3. The molecule has 0 spiro atoms. The standard InChI is InChI=1S/C10H20N4/c1-4-6-10-9(7-11)12-13-14(10)8(3)5-2/h8H,4-7,11H2,1-3H3. The molecule has 0 radical (unpaired) electrons. The number of aromatic nitrogens is 3. The topological polar surface area (TPSA) is 56.7 Å². The van der Waals surface area contributed by atoms with E-state index >= 15 is 0 Å². The molecule has 14 heavy (non-hydrogen) atoms. The van der Waals surface area contributed by atoms with Crippen LogP contribution in [0.5, 0.6) is 0 Å². The monoisotopic (exact) mass is 196 g/mol. The van der Waals surface area contributed by atoms with Crippen molar-refractivity contribution in [2.45, 2.75) is 52.6 Å². The molecule has 1 aromatic heterocycles. The molecular formula is C10H20N4. The van der Waals surface area contributed by atoms with Gasteiger partial charge in [0.15, 0.2) is 0 Å². The van der Waals surface area contributed by atoms with Gasteiger partial charge in [0, 0.05) is 6.54 Å². The maximum atomic E-state index is 5.62. The van der Waals surface area contributed by atoms with Gasteiger partial charge in [-0.1, -0.05) is 25.5 Å². The average Bonchev–Trinajstić information content (AvgIpc) is 2.60. The summed E-state index contributed by atoms with van der Waals surface area (Å²) in [5.74, 6) is 0. The summed E-state index contributed by atoms with van der Waals surface area (Å²) < 4.78 is 2.02. The zero-order valence-electron chi connectivity index (χ0n) is 9.32. The Morgan fingerprint density at radius 3 is 2.64 bits per heavy atom. The third kappa shape index (κ3) is 2.12. The van der Waals surface area contributed by atoms with Gasteiger partial charge in [-0.2, -0.15) is 0 Å². The van der Waals surface area contributed by atoms with E-state index in [1.807, 2.05) is 4.68 Å². The van der Waals surface area contributed by atoms with Crippen molar-refractivity contribution < 1.29 is 0 Å². The van der Waals surface area contributed by atoms with Crippen molar-refractivity contribution in [1.29, 1.82) is 0 Å². The molecule has 0 saturated heterocycles. The molecular weight excluding hydrogens is 176 g/mol. The molecule has 0 aliphatic heterocycles. The smallest absolute Gasteiger partial charge is 0.0994 e. The quantitative estimate of drug-likeness (QED) is 0.779. The fourth-order valence-corrected chi connectivity index (χ4v) is 1.53. The van der Waals surface area contributed by atoms with Crippen LogP contribution in [0.25, 0.3) is 0 Å². The van der Waals surface area contributed by atoms with Crippen molar-refractivity contribution in [3.05, 3.63) is 11.4 Å². The van der Waals surface area contributed by atoms with E-state index in [0.717, 1.165) is 25.0 Å². The van der Waals surface area contributed by atoms with Crippen molar-refractivity contribution in [3.8, 4) is 0 Å². The highest BCUT2D eigenvalue weighted by molar-refractivity contribution is 5.10. The van der Waals surface area contributed by atoms with Gasteiger partial charge in [0.25, 0.3) is 0 Å². The van der Waals surface area contributed by atoms with Crippen LogP contribution in [0.15, 0.2) is 0 Å². The maximum Gasteiger partial charge on any atom is 0.0994 e. The summed E-state index contributed by atoms with van der Waals surface area (Å²) in [4.78, 5) is 0. The van der Waals surface area contributed by atoms with E-state index in [1.54, 1.807) is 0 Å². The Morgan fingerprint density at radius 1 is 1.43 bits per heavy atom. The highest BCUT2D eigenvalue weighted by atomic mass is 15.4.